The highest BCUT2D eigenvalue weighted by Crippen LogP contribution is 2.23. The fourth-order valence-electron chi connectivity index (χ4n) is 0.974. The van der Waals surface area contributed by atoms with Gasteiger partial charge in [0.05, 0.1) is 11.0 Å². The van der Waals surface area contributed by atoms with Crippen LogP contribution in [0.1, 0.15) is 5.56 Å². The van der Waals surface area contributed by atoms with E-state index in [2.05, 4.69) is 21.2 Å². The number of carboxylic acid groups (broad SMARTS) is 1. The molecule has 0 fully saturated rings. The molecule has 0 saturated carbocycles. The molecule has 4 nitrogen and oxygen atoms in total. The van der Waals surface area contributed by atoms with Gasteiger partial charge in [-0.3, -0.25) is 4.79 Å². The molecule has 0 heterocycles. The average Bonchev–Trinajstić information content (AvgIpc) is 2.10. The molecule has 1 aromatic rings. The standard InChI is InChI=1S/C9H10BrNO3/c10-7-3-6(1-2-8(7)12)4-11-5-9(13)14/h1-3,11-12H,4-5H2,(H,13,14). The molecule has 0 aromatic heterocycles. The lowest BCUT2D eigenvalue weighted by atomic mass is 10.2. The third-order valence-electron chi connectivity index (χ3n) is 1.62. The Morgan fingerprint density at radius 1 is 1.50 bits per heavy atom. The molecule has 0 bridgehead atoms. The number of aromatic hydroxyl groups is 1. The third kappa shape index (κ3) is 3.35. The minimum Gasteiger partial charge on any atom is -0.507 e. The van der Waals surface area contributed by atoms with E-state index >= 15 is 0 Å². The molecule has 76 valence electrons. The molecule has 0 aliphatic rings. The van der Waals surface area contributed by atoms with E-state index in [-0.39, 0.29) is 12.3 Å². The molecule has 0 radical (unpaired) electrons. The van der Waals surface area contributed by atoms with E-state index in [1.54, 1.807) is 18.2 Å². The number of phenols is 1. The van der Waals surface area contributed by atoms with Crippen molar-refractivity contribution >= 4 is 21.9 Å². The van der Waals surface area contributed by atoms with Crippen molar-refractivity contribution in [3.05, 3.63) is 28.2 Å². The maximum Gasteiger partial charge on any atom is 0.317 e. The average molecular weight is 260 g/mol. The van der Waals surface area contributed by atoms with Crippen LogP contribution in [0.4, 0.5) is 0 Å². The van der Waals surface area contributed by atoms with Gasteiger partial charge in [0.15, 0.2) is 0 Å². The second kappa shape index (κ2) is 4.97. The van der Waals surface area contributed by atoms with Crippen LogP contribution >= 0.6 is 15.9 Å². The van der Waals surface area contributed by atoms with Crippen molar-refractivity contribution in [3.63, 3.8) is 0 Å². The molecular formula is C9H10BrNO3. The second-order valence-corrected chi connectivity index (χ2v) is 3.64. The molecule has 0 aliphatic carbocycles. The molecule has 5 heteroatoms. The van der Waals surface area contributed by atoms with Crippen LogP contribution in [-0.4, -0.2) is 22.7 Å². The first-order valence-electron chi connectivity index (χ1n) is 3.99. The Morgan fingerprint density at radius 3 is 2.79 bits per heavy atom. The summed E-state index contributed by atoms with van der Waals surface area (Å²) in [6.45, 7) is 0.393. The first-order valence-corrected chi connectivity index (χ1v) is 4.79. The molecule has 1 aromatic carbocycles. The highest BCUT2D eigenvalue weighted by molar-refractivity contribution is 9.10. The molecule has 0 amide bonds. The smallest absolute Gasteiger partial charge is 0.317 e. The second-order valence-electron chi connectivity index (χ2n) is 2.78. The van der Waals surface area contributed by atoms with Gasteiger partial charge in [-0.2, -0.15) is 0 Å². The van der Waals surface area contributed by atoms with E-state index in [0.29, 0.717) is 11.0 Å². The highest BCUT2D eigenvalue weighted by atomic mass is 79.9. The minimum absolute atomic E-state index is 0.0709. The highest BCUT2D eigenvalue weighted by Gasteiger charge is 2.00. The lowest BCUT2D eigenvalue weighted by molar-refractivity contribution is -0.135. The van der Waals surface area contributed by atoms with Gasteiger partial charge in [0.25, 0.3) is 0 Å². The van der Waals surface area contributed by atoms with E-state index < -0.39 is 5.97 Å². The van der Waals surface area contributed by atoms with Gasteiger partial charge >= 0.3 is 5.97 Å². The molecular weight excluding hydrogens is 250 g/mol. The van der Waals surface area contributed by atoms with Crippen LogP contribution in [0.3, 0.4) is 0 Å². The van der Waals surface area contributed by atoms with E-state index in [4.69, 9.17) is 5.11 Å². The van der Waals surface area contributed by atoms with E-state index in [0.717, 1.165) is 5.56 Å². The molecule has 1 rings (SSSR count). The van der Waals surface area contributed by atoms with Crippen LogP contribution in [0.5, 0.6) is 5.75 Å². The van der Waals surface area contributed by atoms with Crippen LogP contribution in [0, 0.1) is 0 Å². The molecule has 0 saturated heterocycles. The van der Waals surface area contributed by atoms with E-state index in [9.17, 15) is 9.90 Å². The number of rotatable bonds is 4. The fraction of sp³-hybridized carbons (Fsp3) is 0.222. The van der Waals surface area contributed by atoms with E-state index in [1.807, 2.05) is 0 Å². The Balaban J connectivity index is 2.51. The largest absolute Gasteiger partial charge is 0.507 e. The van der Waals surface area contributed by atoms with E-state index in [1.165, 1.54) is 0 Å². The van der Waals surface area contributed by atoms with Gasteiger partial charge in [0.1, 0.15) is 5.75 Å². The Hall–Kier alpha value is -1.07. The quantitative estimate of drug-likeness (QED) is 0.763. The number of aliphatic carboxylic acids is 1. The SMILES string of the molecule is O=C(O)CNCc1ccc(O)c(Br)c1. The lowest BCUT2D eigenvalue weighted by Crippen LogP contribution is -2.21. The minimum atomic E-state index is -0.886. The summed E-state index contributed by atoms with van der Waals surface area (Å²) in [5.41, 5.74) is 0.913. The Labute approximate surface area is 89.7 Å². The lowest BCUT2D eigenvalue weighted by Gasteiger charge is -2.03. The van der Waals surface area contributed by atoms with Gasteiger partial charge in [0.2, 0.25) is 0 Å². The summed E-state index contributed by atoms with van der Waals surface area (Å²) in [6, 6.07) is 5.03. The maximum absolute atomic E-state index is 10.2. The molecule has 3 N–H and O–H groups in total. The van der Waals surface area contributed by atoms with Crippen LogP contribution in [-0.2, 0) is 11.3 Å². The van der Waals surface area contributed by atoms with Gasteiger partial charge in [-0.25, -0.2) is 0 Å². The zero-order valence-electron chi connectivity index (χ0n) is 7.33. The van der Waals surface area contributed by atoms with Crippen molar-refractivity contribution in [1.29, 1.82) is 0 Å². The molecule has 0 unspecified atom stereocenters. The predicted octanol–water partition coefficient (Wildman–Crippen LogP) is 1.33. The van der Waals surface area contributed by atoms with Gasteiger partial charge in [0, 0.05) is 6.54 Å². The summed E-state index contributed by atoms with van der Waals surface area (Å²) < 4.78 is 0.604. The number of nitrogens with one attached hydrogen (secondary N) is 1. The number of hydrogen-bond acceptors (Lipinski definition) is 3. The zero-order valence-corrected chi connectivity index (χ0v) is 8.91. The first-order chi connectivity index (χ1) is 6.59. The van der Waals surface area contributed by atoms with Crippen molar-refractivity contribution in [3.8, 4) is 5.75 Å². The first kappa shape index (κ1) is 11.0. The van der Waals surface area contributed by atoms with Crippen molar-refractivity contribution in [2.75, 3.05) is 6.54 Å². The molecule has 0 aliphatic heterocycles. The Bertz CT molecular complexity index is 341. The Morgan fingerprint density at radius 2 is 2.21 bits per heavy atom. The predicted molar refractivity (Wildman–Crippen MR) is 55.1 cm³/mol. The van der Waals surface area contributed by atoms with Crippen molar-refractivity contribution in [2.24, 2.45) is 0 Å². The molecule has 0 spiro atoms. The normalized spacial score (nSPS) is 10.1. The van der Waals surface area contributed by atoms with Crippen molar-refractivity contribution < 1.29 is 15.0 Å². The van der Waals surface area contributed by atoms with Gasteiger partial charge in [-0.05, 0) is 33.6 Å². The van der Waals surface area contributed by atoms with Gasteiger partial charge in [-0.1, -0.05) is 6.07 Å². The summed E-state index contributed by atoms with van der Waals surface area (Å²) in [5.74, 6) is -0.713. The van der Waals surface area contributed by atoms with Crippen LogP contribution in [0.25, 0.3) is 0 Å². The third-order valence-corrected chi connectivity index (χ3v) is 2.25. The van der Waals surface area contributed by atoms with Crippen LogP contribution in [0.2, 0.25) is 0 Å². The number of hydrogen-bond donors (Lipinski definition) is 3. The maximum atomic E-state index is 10.2. The topological polar surface area (TPSA) is 69.6 Å². The monoisotopic (exact) mass is 259 g/mol. The van der Waals surface area contributed by atoms with Crippen LogP contribution in [0.15, 0.2) is 22.7 Å². The van der Waals surface area contributed by atoms with Crippen molar-refractivity contribution in [2.45, 2.75) is 6.54 Å². The summed E-state index contributed by atoms with van der Waals surface area (Å²) in [7, 11) is 0. The van der Waals surface area contributed by atoms with Gasteiger partial charge in [-0.15, -0.1) is 0 Å². The van der Waals surface area contributed by atoms with Gasteiger partial charge < -0.3 is 15.5 Å². The number of phenolic OH excluding ortho intramolecular Hbond substituents is 1. The number of benzene rings is 1. The summed E-state index contributed by atoms with van der Waals surface area (Å²) in [6.07, 6.45) is 0. The van der Waals surface area contributed by atoms with Crippen molar-refractivity contribution in [1.82, 2.24) is 5.32 Å². The summed E-state index contributed by atoms with van der Waals surface area (Å²) >= 11 is 3.17. The number of carboxylic acids is 1. The fourth-order valence-corrected chi connectivity index (χ4v) is 1.40. The summed E-state index contributed by atoms with van der Waals surface area (Å²) in [5, 5.41) is 20.3. The number of halogens is 1. The summed E-state index contributed by atoms with van der Waals surface area (Å²) in [4.78, 5) is 10.2. The van der Waals surface area contributed by atoms with Crippen LogP contribution < -0.4 is 5.32 Å². The molecule has 0 atom stereocenters. The zero-order chi connectivity index (χ0) is 10.6. The molecule has 14 heavy (non-hydrogen) atoms. The Kier molecular flexibility index (Phi) is 3.91. The number of carbonyl (C=O) groups is 1.